The summed E-state index contributed by atoms with van der Waals surface area (Å²) in [7, 11) is 0. The van der Waals surface area contributed by atoms with Crippen LogP contribution in [0.3, 0.4) is 0 Å². The maximum absolute atomic E-state index is 12.5. The van der Waals surface area contributed by atoms with Gasteiger partial charge in [-0.1, -0.05) is 0 Å². The average molecular weight is 334 g/mol. The number of hydrogen-bond donors (Lipinski definition) is 2. The van der Waals surface area contributed by atoms with Crippen LogP contribution in [0.4, 0.5) is 18.9 Å². The molecule has 0 bridgehead atoms. The molecule has 124 valence electrons. The molecule has 3 heterocycles. The van der Waals surface area contributed by atoms with Gasteiger partial charge >= 0.3 is 6.18 Å². The van der Waals surface area contributed by atoms with E-state index in [0.717, 1.165) is 0 Å². The summed E-state index contributed by atoms with van der Waals surface area (Å²) in [6.07, 6.45) is 3.23. The predicted molar refractivity (Wildman–Crippen MR) is 82.4 cm³/mol. The van der Waals surface area contributed by atoms with Crippen LogP contribution < -0.4 is 5.32 Å². The van der Waals surface area contributed by atoms with Crippen molar-refractivity contribution in [2.75, 3.05) is 11.9 Å². The van der Waals surface area contributed by atoms with Gasteiger partial charge in [-0.15, -0.1) is 0 Å². The quantitative estimate of drug-likeness (QED) is 0.719. The summed E-state index contributed by atoms with van der Waals surface area (Å²) in [6, 6.07) is 1.49. The van der Waals surface area contributed by atoms with E-state index in [2.05, 4.69) is 20.4 Å². The van der Waals surface area contributed by atoms with Crippen LogP contribution in [0.5, 0.6) is 0 Å². The van der Waals surface area contributed by atoms with E-state index < -0.39 is 12.7 Å². The topological polar surface area (TPSA) is 79.0 Å². The molecular formula is C15H13F3N6. The molecule has 0 saturated heterocycles. The molecule has 24 heavy (non-hydrogen) atoms. The van der Waals surface area contributed by atoms with Crippen molar-refractivity contribution >= 4 is 16.9 Å². The molecule has 0 atom stereocenters. The van der Waals surface area contributed by atoms with Gasteiger partial charge < -0.3 is 5.32 Å². The van der Waals surface area contributed by atoms with Crippen LogP contribution in [0.2, 0.25) is 0 Å². The zero-order valence-electron chi connectivity index (χ0n) is 12.6. The lowest BCUT2D eigenvalue weighted by molar-refractivity contribution is -0.115. The summed E-state index contributed by atoms with van der Waals surface area (Å²) >= 11 is 0. The lowest BCUT2D eigenvalue weighted by Gasteiger charge is -2.14. The number of anilines is 1. The number of fused-ring (bicyclic) bond motifs is 1. The van der Waals surface area contributed by atoms with Crippen molar-refractivity contribution in [3.05, 3.63) is 53.9 Å². The molecule has 0 aliphatic heterocycles. The Bertz CT molecular complexity index is 900. The van der Waals surface area contributed by atoms with E-state index >= 15 is 0 Å². The van der Waals surface area contributed by atoms with Gasteiger partial charge in [0.15, 0.2) is 0 Å². The van der Waals surface area contributed by atoms with E-state index in [-0.39, 0.29) is 17.0 Å². The van der Waals surface area contributed by atoms with Crippen LogP contribution in [-0.2, 0) is 0 Å². The lowest BCUT2D eigenvalue weighted by atomic mass is 10.0. The smallest absolute Gasteiger partial charge is 0.376 e. The van der Waals surface area contributed by atoms with Crippen molar-refractivity contribution in [2.45, 2.75) is 13.1 Å². The van der Waals surface area contributed by atoms with E-state index in [1.54, 1.807) is 30.0 Å². The Balaban J connectivity index is 2.00. The standard InChI is InChI=1S/C15H13F3N6/c1-9-4-12(22-8-15(16,17)18)10(5-21-9)14(19)11-6-23-24-3-2-20-7-13(11)24/h2-7,19H,8H2,1H3,(H,21,22). The van der Waals surface area contributed by atoms with Crippen molar-refractivity contribution in [1.29, 1.82) is 5.41 Å². The number of rotatable bonds is 4. The first kappa shape index (κ1) is 15.9. The fraction of sp³-hybridized carbons (Fsp3) is 0.200. The molecule has 0 aliphatic carbocycles. The molecule has 0 amide bonds. The monoisotopic (exact) mass is 334 g/mol. The maximum Gasteiger partial charge on any atom is 0.405 e. The zero-order chi connectivity index (χ0) is 17.3. The highest BCUT2D eigenvalue weighted by Gasteiger charge is 2.27. The third-order valence-electron chi connectivity index (χ3n) is 3.38. The van der Waals surface area contributed by atoms with Crippen molar-refractivity contribution in [1.82, 2.24) is 19.6 Å². The van der Waals surface area contributed by atoms with E-state index in [1.807, 2.05) is 0 Å². The molecule has 0 aliphatic rings. The summed E-state index contributed by atoms with van der Waals surface area (Å²) in [4.78, 5) is 8.08. The van der Waals surface area contributed by atoms with Crippen molar-refractivity contribution < 1.29 is 13.2 Å². The van der Waals surface area contributed by atoms with Crippen molar-refractivity contribution in [2.24, 2.45) is 0 Å². The highest BCUT2D eigenvalue weighted by Crippen LogP contribution is 2.23. The summed E-state index contributed by atoms with van der Waals surface area (Å²) in [5.41, 5.74) is 2.10. The first-order chi connectivity index (χ1) is 11.3. The Hall–Kier alpha value is -2.97. The van der Waals surface area contributed by atoms with Crippen LogP contribution in [0.1, 0.15) is 16.8 Å². The summed E-state index contributed by atoms with van der Waals surface area (Å²) in [6.45, 7) is 0.485. The molecule has 3 rings (SSSR count). The number of nitrogens with one attached hydrogen (secondary N) is 2. The Labute approximate surface area is 134 Å². The summed E-state index contributed by atoms with van der Waals surface area (Å²) < 4.78 is 39.1. The van der Waals surface area contributed by atoms with Crippen LogP contribution in [-0.4, -0.2) is 38.0 Å². The van der Waals surface area contributed by atoms with Gasteiger partial charge in [-0.05, 0) is 13.0 Å². The number of pyridine rings is 1. The number of hydrogen-bond acceptors (Lipinski definition) is 5. The Morgan fingerprint density at radius 1 is 1.25 bits per heavy atom. The van der Waals surface area contributed by atoms with E-state index in [1.165, 1.54) is 18.5 Å². The molecule has 3 aromatic rings. The van der Waals surface area contributed by atoms with Gasteiger partial charge in [0, 0.05) is 41.1 Å². The second-order valence-electron chi connectivity index (χ2n) is 5.18. The number of alkyl halides is 3. The number of nitrogens with zero attached hydrogens (tertiary/aromatic N) is 4. The lowest BCUT2D eigenvalue weighted by Crippen LogP contribution is -2.22. The SMILES string of the molecule is Cc1cc(NCC(F)(F)F)c(C(=N)c2cnn3ccncc23)cn1. The van der Waals surface area contributed by atoms with Gasteiger partial charge in [0.25, 0.3) is 0 Å². The molecule has 0 unspecified atom stereocenters. The molecule has 0 spiro atoms. The Morgan fingerprint density at radius 3 is 2.79 bits per heavy atom. The van der Waals surface area contributed by atoms with Gasteiger partial charge in [0.05, 0.1) is 23.6 Å². The Morgan fingerprint density at radius 2 is 2.04 bits per heavy atom. The van der Waals surface area contributed by atoms with Crippen LogP contribution in [0.15, 0.2) is 37.1 Å². The third-order valence-corrected chi connectivity index (χ3v) is 3.38. The van der Waals surface area contributed by atoms with Crippen molar-refractivity contribution in [3.63, 3.8) is 0 Å². The minimum Gasteiger partial charge on any atom is -0.376 e. The number of aryl methyl sites for hydroxylation is 1. The minimum absolute atomic E-state index is 0.0233. The van der Waals surface area contributed by atoms with Crippen molar-refractivity contribution in [3.8, 4) is 0 Å². The predicted octanol–water partition coefficient (Wildman–Crippen LogP) is 2.82. The highest BCUT2D eigenvalue weighted by atomic mass is 19.4. The second-order valence-corrected chi connectivity index (χ2v) is 5.18. The molecule has 0 aromatic carbocycles. The van der Waals surface area contributed by atoms with E-state index in [0.29, 0.717) is 16.8 Å². The summed E-state index contributed by atoms with van der Waals surface area (Å²) in [5, 5.41) is 14.8. The van der Waals surface area contributed by atoms with E-state index in [4.69, 9.17) is 5.41 Å². The first-order valence-corrected chi connectivity index (χ1v) is 6.99. The number of halogens is 3. The molecule has 0 radical (unpaired) electrons. The average Bonchev–Trinajstić information content (AvgIpc) is 2.96. The van der Waals surface area contributed by atoms with Gasteiger partial charge in [-0.3, -0.25) is 15.4 Å². The normalized spacial score (nSPS) is 11.7. The van der Waals surface area contributed by atoms with Crippen LogP contribution in [0.25, 0.3) is 5.52 Å². The van der Waals surface area contributed by atoms with Gasteiger partial charge in [-0.25, -0.2) is 4.52 Å². The minimum atomic E-state index is -4.36. The summed E-state index contributed by atoms with van der Waals surface area (Å²) in [5.74, 6) is 0. The molecule has 9 heteroatoms. The largest absolute Gasteiger partial charge is 0.405 e. The van der Waals surface area contributed by atoms with Crippen LogP contribution >= 0.6 is 0 Å². The molecule has 0 saturated carbocycles. The molecule has 3 aromatic heterocycles. The zero-order valence-corrected chi connectivity index (χ0v) is 12.6. The van der Waals surface area contributed by atoms with Gasteiger partial charge in [-0.2, -0.15) is 18.3 Å². The fourth-order valence-electron chi connectivity index (χ4n) is 2.27. The molecule has 0 fully saturated rings. The molecule has 6 nitrogen and oxygen atoms in total. The Kier molecular flexibility index (Phi) is 3.92. The highest BCUT2D eigenvalue weighted by molar-refractivity contribution is 6.17. The number of aromatic nitrogens is 4. The third kappa shape index (κ3) is 3.19. The van der Waals surface area contributed by atoms with Crippen LogP contribution in [0, 0.1) is 12.3 Å². The van der Waals surface area contributed by atoms with Gasteiger partial charge in [0.1, 0.15) is 6.54 Å². The molecule has 2 N–H and O–H groups in total. The first-order valence-electron chi connectivity index (χ1n) is 6.99. The fourth-order valence-corrected chi connectivity index (χ4v) is 2.27. The second kappa shape index (κ2) is 5.91. The van der Waals surface area contributed by atoms with Gasteiger partial charge in [0.2, 0.25) is 0 Å². The maximum atomic E-state index is 12.5. The molecular weight excluding hydrogens is 321 g/mol. The van der Waals surface area contributed by atoms with E-state index in [9.17, 15) is 13.2 Å².